The number of sulfonamides is 1. The minimum atomic E-state index is -3.62. The number of aryl methyl sites for hydroxylation is 1. The number of hydrogen-bond donors (Lipinski definition) is 0. The molecule has 2 aromatic rings. The van der Waals surface area contributed by atoms with Gasteiger partial charge in [-0.2, -0.15) is 4.31 Å². The smallest absolute Gasteiger partial charge is 0.338 e. The van der Waals surface area contributed by atoms with Crippen LogP contribution in [0.2, 0.25) is 0 Å². The molecule has 0 radical (unpaired) electrons. The van der Waals surface area contributed by atoms with Crippen LogP contribution in [0, 0.1) is 13.8 Å². The summed E-state index contributed by atoms with van der Waals surface area (Å²) in [5.41, 5.74) is 2.36. The van der Waals surface area contributed by atoms with Gasteiger partial charge >= 0.3 is 5.97 Å². The van der Waals surface area contributed by atoms with E-state index in [1.54, 1.807) is 6.07 Å². The quantitative estimate of drug-likeness (QED) is 0.545. The molecule has 0 bridgehead atoms. The monoisotopic (exact) mass is 404 g/mol. The first kappa shape index (κ1) is 20.3. The van der Waals surface area contributed by atoms with E-state index in [0.29, 0.717) is 18.7 Å². The van der Waals surface area contributed by atoms with Crippen LogP contribution < -0.4 is 0 Å². The zero-order valence-corrected chi connectivity index (χ0v) is 17.1. The van der Waals surface area contributed by atoms with Crippen molar-refractivity contribution in [3.05, 3.63) is 52.8 Å². The zero-order chi connectivity index (χ0) is 20.5. The van der Waals surface area contributed by atoms with Crippen molar-refractivity contribution in [3.8, 4) is 0 Å². The molecule has 1 aromatic carbocycles. The summed E-state index contributed by atoms with van der Waals surface area (Å²) in [5, 5.41) is 0. The first-order valence-electron chi connectivity index (χ1n) is 9.15. The Labute approximate surface area is 165 Å². The molecule has 8 heteroatoms. The van der Waals surface area contributed by atoms with Crippen LogP contribution in [0.1, 0.15) is 44.9 Å². The van der Waals surface area contributed by atoms with Gasteiger partial charge < -0.3 is 9.30 Å². The van der Waals surface area contributed by atoms with Gasteiger partial charge in [-0.05, 0) is 51.0 Å². The summed E-state index contributed by atoms with van der Waals surface area (Å²) in [6.07, 6.45) is 1.67. The maximum absolute atomic E-state index is 12.6. The normalized spacial score (nSPS) is 15.0. The molecular weight excluding hydrogens is 380 g/mol. The van der Waals surface area contributed by atoms with Gasteiger partial charge in [-0.15, -0.1) is 0 Å². The standard InChI is InChI=1S/C20H24N2O5S/c1-14-11-18(15(2)21(14)3)19(23)13-27-20(24)16-7-6-8-17(12-16)28(25,26)22-9-4-5-10-22/h6-8,11-12H,4-5,9-10,13H2,1-3H3. The average Bonchev–Trinajstić information content (AvgIpc) is 3.31. The number of aromatic nitrogens is 1. The van der Waals surface area contributed by atoms with Gasteiger partial charge in [0.25, 0.3) is 0 Å². The number of Topliss-reactive ketones (excluding diaryl/α,β-unsaturated/α-hetero) is 1. The van der Waals surface area contributed by atoms with Gasteiger partial charge in [0.15, 0.2) is 6.61 Å². The minimum absolute atomic E-state index is 0.0599. The summed E-state index contributed by atoms with van der Waals surface area (Å²) in [4.78, 5) is 24.8. The highest BCUT2D eigenvalue weighted by molar-refractivity contribution is 7.89. The molecule has 2 heterocycles. The van der Waals surface area contributed by atoms with Crippen LogP contribution in [0.25, 0.3) is 0 Å². The van der Waals surface area contributed by atoms with E-state index in [1.165, 1.54) is 28.6 Å². The Kier molecular flexibility index (Phi) is 5.71. The molecular formula is C20H24N2O5S. The van der Waals surface area contributed by atoms with Crippen molar-refractivity contribution in [2.45, 2.75) is 31.6 Å². The molecule has 0 spiro atoms. The number of nitrogens with zero attached hydrogens (tertiary/aromatic N) is 2. The van der Waals surface area contributed by atoms with E-state index < -0.39 is 22.6 Å². The minimum Gasteiger partial charge on any atom is -0.454 e. The first-order valence-corrected chi connectivity index (χ1v) is 10.6. The molecule has 1 aliphatic heterocycles. The van der Waals surface area contributed by atoms with Gasteiger partial charge in [-0.3, -0.25) is 4.79 Å². The molecule has 1 aliphatic rings. The predicted molar refractivity (Wildman–Crippen MR) is 104 cm³/mol. The predicted octanol–water partition coefficient (Wildman–Crippen LogP) is 2.47. The summed E-state index contributed by atoms with van der Waals surface area (Å²) < 4.78 is 33.7. The number of rotatable bonds is 6. The molecule has 0 unspecified atom stereocenters. The Morgan fingerprint density at radius 1 is 1.11 bits per heavy atom. The van der Waals surface area contributed by atoms with Crippen LogP contribution in [0.4, 0.5) is 0 Å². The summed E-state index contributed by atoms with van der Waals surface area (Å²) in [7, 11) is -1.76. The fourth-order valence-corrected chi connectivity index (χ4v) is 4.85. The maximum atomic E-state index is 12.6. The third-order valence-electron chi connectivity index (χ3n) is 5.18. The van der Waals surface area contributed by atoms with Gasteiger partial charge in [0, 0.05) is 37.1 Å². The summed E-state index contributed by atoms with van der Waals surface area (Å²) >= 11 is 0. The van der Waals surface area contributed by atoms with E-state index in [-0.39, 0.29) is 16.2 Å². The third kappa shape index (κ3) is 3.88. The highest BCUT2D eigenvalue weighted by atomic mass is 32.2. The molecule has 0 saturated carbocycles. The van der Waals surface area contributed by atoms with E-state index in [9.17, 15) is 18.0 Å². The summed E-state index contributed by atoms with van der Waals surface area (Å²) in [5.74, 6) is -1.02. The molecule has 0 atom stereocenters. The lowest BCUT2D eigenvalue weighted by atomic mass is 10.1. The Morgan fingerprint density at radius 3 is 2.39 bits per heavy atom. The lowest BCUT2D eigenvalue weighted by Gasteiger charge is -2.15. The highest BCUT2D eigenvalue weighted by Crippen LogP contribution is 2.22. The third-order valence-corrected chi connectivity index (χ3v) is 7.08. The van der Waals surface area contributed by atoms with E-state index >= 15 is 0 Å². The largest absolute Gasteiger partial charge is 0.454 e. The number of esters is 1. The van der Waals surface area contributed by atoms with Gasteiger partial charge in [0.1, 0.15) is 0 Å². The summed E-state index contributed by atoms with van der Waals surface area (Å²) in [6, 6.07) is 7.51. The van der Waals surface area contributed by atoms with E-state index in [4.69, 9.17) is 4.74 Å². The van der Waals surface area contributed by atoms with Crippen LogP contribution >= 0.6 is 0 Å². The van der Waals surface area contributed by atoms with Gasteiger partial charge in [0.2, 0.25) is 15.8 Å². The molecule has 0 N–H and O–H groups in total. The van der Waals surface area contributed by atoms with Crippen molar-refractivity contribution in [3.63, 3.8) is 0 Å². The average molecular weight is 404 g/mol. The fraction of sp³-hybridized carbons (Fsp3) is 0.400. The number of carbonyl (C=O) groups is 2. The number of ether oxygens (including phenoxy) is 1. The van der Waals surface area contributed by atoms with Crippen LogP contribution in [0.5, 0.6) is 0 Å². The van der Waals surface area contributed by atoms with Gasteiger partial charge in [0.05, 0.1) is 10.5 Å². The van der Waals surface area contributed by atoms with Crippen LogP contribution in [0.15, 0.2) is 35.2 Å². The van der Waals surface area contributed by atoms with Gasteiger partial charge in [-0.25, -0.2) is 13.2 Å². The van der Waals surface area contributed by atoms with Crippen molar-refractivity contribution in [2.24, 2.45) is 7.05 Å². The number of carbonyl (C=O) groups excluding carboxylic acids is 2. The molecule has 3 rings (SSSR count). The second kappa shape index (κ2) is 7.89. The number of hydrogen-bond acceptors (Lipinski definition) is 5. The Morgan fingerprint density at radius 2 is 1.79 bits per heavy atom. The maximum Gasteiger partial charge on any atom is 0.338 e. The van der Waals surface area contributed by atoms with Crippen molar-refractivity contribution < 1.29 is 22.7 Å². The molecule has 1 saturated heterocycles. The second-order valence-electron chi connectivity index (χ2n) is 6.98. The van der Waals surface area contributed by atoms with Crippen molar-refractivity contribution in [1.29, 1.82) is 0 Å². The first-order chi connectivity index (χ1) is 13.2. The molecule has 7 nitrogen and oxygen atoms in total. The molecule has 150 valence electrons. The van der Waals surface area contributed by atoms with Crippen LogP contribution in [-0.4, -0.2) is 48.7 Å². The van der Waals surface area contributed by atoms with Crippen molar-refractivity contribution >= 4 is 21.8 Å². The van der Waals surface area contributed by atoms with E-state index in [2.05, 4.69) is 0 Å². The molecule has 28 heavy (non-hydrogen) atoms. The SMILES string of the molecule is Cc1cc(C(=O)COC(=O)c2cccc(S(=O)(=O)N3CCCC3)c2)c(C)n1C. The highest BCUT2D eigenvalue weighted by Gasteiger charge is 2.28. The molecule has 0 amide bonds. The Hall–Kier alpha value is -2.45. The van der Waals surface area contributed by atoms with E-state index in [1.807, 2.05) is 25.5 Å². The summed E-state index contributed by atoms with van der Waals surface area (Å²) in [6.45, 7) is 4.30. The molecule has 1 aromatic heterocycles. The molecule has 1 fully saturated rings. The lowest BCUT2D eigenvalue weighted by Crippen LogP contribution is -2.28. The second-order valence-corrected chi connectivity index (χ2v) is 8.92. The number of ketones is 1. The van der Waals surface area contributed by atoms with Crippen molar-refractivity contribution in [2.75, 3.05) is 19.7 Å². The zero-order valence-electron chi connectivity index (χ0n) is 16.3. The fourth-order valence-electron chi connectivity index (χ4n) is 3.29. The van der Waals surface area contributed by atoms with Crippen LogP contribution in [-0.2, 0) is 21.8 Å². The Bertz CT molecular complexity index is 1020. The topological polar surface area (TPSA) is 85.7 Å². The van der Waals surface area contributed by atoms with Crippen LogP contribution in [0.3, 0.4) is 0 Å². The van der Waals surface area contributed by atoms with Gasteiger partial charge in [-0.1, -0.05) is 6.07 Å². The Balaban J connectivity index is 1.71. The molecule has 0 aliphatic carbocycles. The van der Waals surface area contributed by atoms with E-state index in [0.717, 1.165) is 24.2 Å². The number of benzene rings is 1. The van der Waals surface area contributed by atoms with Crippen molar-refractivity contribution in [1.82, 2.24) is 8.87 Å². The lowest BCUT2D eigenvalue weighted by molar-refractivity contribution is 0.0474.